The van der Waals surface area contributed by atoms with Gasteiger partial charge in [0, 0.05) is 13.0 Å². The number of halogens is 3. The van der Waals surface area contributed by atoms with Gasteiger partial charge in [-0.05, 0) is 42.0 Å². The minimum atomic E-state index is -4.62. The van der Waals surface area contributed by atoms with Gasteiger partial charge in [0.2, 0.25) is 11.8 Å². The van der Waals surface area contributed by atoms with Crippen LogP contribution in [0.5, 0.6) is 11.5 Å². The van der Waals surface area contributed by atoms with E-state index in [1.165, 1.54) is 20.1 Å². The summed E-state index contributed by atoms with van der Waals surface area (Å²) in [6, 6.07) is 9.15. The molecule has 0 atom stereocenters. The third-order valence-corrected chi connectivity index (χ3v) is 3.82. The zero-order chi connectivity index (χ0) is 23.0. The lowest BCUT2D eigenvalue weighted by Gasteiger charge is -2.14. The molecule has 2 N–H and O–H groups in total. The number of carbonyl (C=O) groups excluding carboxylic acids is 2. The monoisotopic (exact) mass is 433 g/mol. The molecule has 2 rings (SSSR count). The van der Waals surface area contributed by atoms with Crippen molar-refractivity contribution in [3.63, 3.8) is 0 Å². The van der Waals surface area contributed by atoms with Crippen molar-refractivity contribution in [1.29, 1.82) is 5.26 Å². The van der Waals surface area contributed by atoms with Crippen molar-refractivity contribution in [2.24, 2.45) is 0 Å². The molecule has 31 heavy (non-hydrogen) atoms. The van der Waals surface area contributed by atoms with E-state index in [0.29, 0.717) is 17.1 Å². The number of carbonyl (C=O) groups is 2. The summed E-state index contributed by atoms with van der Waals surface area (Å²) in [5, 5.41) is 13.3. The first-order chi connectivity index (χ1) is 14.6. The zero-order valence-electron chi connectivity index (χ0n) is 16.5. The van der Waals surface area contributed by atoms with Gasteiger partial charge in [0.1, 0.15) is 6.07 Å². The summed E-state index contributed by atoms with van der Waals surface area (Å²) in [4.78, 5) is 23.6. The van der Waals surface area contributed by atoms with Crippen molar-refractivity contribution in [3.8, 4) is 17.6 Å². The highest BCUT2D eigenvalue weighted by Gasteiger charge is 2.31. The number of alkyl halides is 3. The number of nitriles is 1. The third-order valence-electron chi connectivity index (χ3n) is 3.82. The van der Waals surface area contributed by atoms with Gasteiger partial charge in [-0.3, -0.25) is 9.59 Å². The highest BCUT2D eigenvalue weighted by Crippen LogP contribution is 2.34. The standard InChI is InChI=1S/C21H18F3N3O4/c1-13(28)26-16-6-5-15(21(22,23)24)12-17(16)27-20(29)8-4-14-3-7-18(31-10-9-25)19(11-14)30-2/h3-8,11-12H,10H2,1-2H3,(H,26,28)(H,27,29). The summed E-state index contributed by atoms with van der Waals surface area (Å²) in [6.07, 6.45) is -2.09. The number of amides is 2. The summed E-state index contributed by atoms with van der Waals surface area (Å²) in [7, 11) is 1.41. The predicted octanol–water partition coefficient (Wildman–Crippen LogP) is 4.23. The van der Waals surface area contributed by atoms with Crippen LogP contribution in [0.3, 0.4) is 0 Å². The molecule has 0 aromatic heterocycles. The van der Waals surface area contributed by atoms with E-state index < -0.39 is 23.6 Å². The normalized spacial score (nSPS) is 11.0. The molecule has 0 saturated carbocycles. The highest BCUT2D eigenvalue weighted by molar-refractivity contribution is 6.05. The Bertz CT molecular complexity index is 1040. The second-order valence-electron chi connectivity index (χ2n) is 6.12. The van der Waals surface area contributed by atoms with Crippen LogP contribution in [0, 0.1) is 11.3 Å². The Morgan fingerprint density at radius 2 is 1.84 bits per heavy atom. The van der Waals surface area contributed by atoms with E-state index in [-0.39, 0.29) is 18.0 Å². The van der Waals surface area contributed by atoms with E-state index in [4.69, 9.17) is 14.7 Å². The Kier molecular flexibility index (Phi) is 7.63. The van der Waals surface area contributed by atoms with Crippen LogP contribution in [0.15, 0.2) is 42.5 Å². The van der Waals surface area contributed by atoms with Crippen LogP contribution in [0.1, 0.15) is 18.1 Å². The quantitative estimate of drug-likeness (QED) is 0.637. The Labute approximate surface area is 176 Å². The van der Waals surface area contributed by atoms with E-state index in [9.17, 15) is 22.8 Å². The largest absolute Gasteiger partial charge is 0.493 e. The molecule has 0 heterocycles. The van der Waals surface area contributed by atoms with Crippen molar-refractivity contribution in [2.45, 2.75) is 13.1 Å². The van der Waals surface area contributed by atoms with E-state index >= 15 is 0 Å². The van der Waals surface area contributed by atoms with Gasteiger partial charge < -0.3 is 20.1 Å². The Morgan fingerprint density at radius 1 is 1.10 bits per heavy atom. The Hall–Kier alpha value is -4.00. The molecule has 0 fully saturated rings. The predicted molar refractivity (Wildman–Crippen MR) is 108 cm³/mol. The average Bonchev–Trinajstić information content (AvgIpc) is 2.71. The van der Waals surface area contributed by atoms with Gasteiger partial charge in [-0.2, -0.15) is 18.4 Å². The molecule has 0 unspecified atom stereocenters. The van der Waals surface area contributed by atoms with Crippen LogP contribution in [-0.4, -0.2) is 25.5 Å². The average molecular weight is 433 g/mol. The van der Waals surface area contributed by atoms with Crippen LogP contribution in [-0.2, 0) is 15.8 Å². The second kappa shape index (κ2) is 10.2. The number of methoxy groups -OCH3 is 1. The molecule has 0 saturated heterocycles. The lowest BCUT2D eigenvalue weighted by Crippen LogP contribution is -2.15. The van der Waals surface area contributed by atoms with Gasteiger partial charge >= 0.3 is 6.18 Å². The Morgan fingerprint density at radius 3 is 2.45 bits per heavy atom. The topological polar surface area (TPSA) is 100 Å². The first-order valence-electron chi connectivity index (χ1n) is 8.79. The van der Waals surface area contributed by atoms with E-state index in [1.807, 2.05) is 6.07 Å². The number of nitrogens with one attached hydrogen (secondary N) is 2. The van der Waals surface area contributed by atoms with Crippen molar-refractivity contribution < 1.29 is 32.2 Å². The summed E-state index contributed by atoms with van der Waals surface area (Å²) in [5.41, 5.74) is -0.596. The minimum absolute atomic E-state index is 0.0305. The van der Waals surface area contributed by atoms with Crippen molar-refractivity contribution in [3.05, 3.63) is 53.6 Å². The fourth-order valence-electron chi connectivity index (χ4n) is 2.49. The first-order valence-corrected chi connectivity index (χ1v) is 8.79. The minimum Gasteiger partial charge on any atom is -0.493 e. The molecule has 0 aliphatic heterocycles. The van der Waals surface area contributed by atoms with E-state index in [0.717, 1.165) is 24.3 Å². The molecule has 0 aliphatic rings. The number of hydrogen-bond donors (Lipinski definition) is 2. The molecule has 2 aromatic carbocycles. The number of rotatable bonds is 7. The summed E-state index contributed by atoms with van der Waals surface area (Å²) < 4.78 is 49.4. The van der Waals surface area contributed by atoms with Gasteiger partial charge in [-0.15, -0.1) is 0 Å². The molecule has 0 bridgehead atoms. The van der Waals surface area contributed by atoms with Crippen LogP contribution in [0.25, 0.3) is 6.08 Å². The maximum atomic E-state index is 13.0. The van der Waals surface area contributed by atoms with Crippen LogP contribution < -0.4 is 20.1 Å². The van der Waals surface area contributed by atoms with E-state index in [2.05, 4.69) is 10.6 Å². The summed E-state index contributed by atoms with van der Waals surface area (Å²) >= 11 is 0. The number of ether oxygens (including phenoxy) is 2. The van der Waals surface area contributed by atoms with Crippen molar-refractivity contribution in [1.82, 2.24) is 0 Å². The lowest BCUT2D eigenvalue weighted by molar-refractivity contribution is -0.137. The SMILES string of the molecule is COc1cc(C=CC(=O)Nc2cc(C(F)(F)F)ccc2NC(C)=O)ccc1OCC#N. The molecular weight excluding hydrogens is 415 g/mol. The number of hydrogen-bond acceptors (Lipinski definition) is 5. The van der Waals surface area contributed by atoms with Crippen LogP contribution in [0.2, 0.25) is 0 Å². The van der Waals surface area contributed by atoms with Gasteiger partial charge in [0.05, 0.1) is 24.0 Å². The number of nitrogens with zero attached hydrogens (tertiary/aromatic N) is 1. The summed E-state index contributed by atoms with van der Waals surface area (Å²) in [5.74, 6) is -0.538. The molecule has 0 spiro atoms. The smallest absolute Gasteiger partial charge is 0.416 e. The lowest BCUT2D eigenvalue weighted by atomic mass is 10.1. The van der Waals surface area contributed by atoms with Crippen molar-refractivity contribution >= 4 is 29.3 Å². The first kappa shape index (κ1) is 23.3. The zero-order valence-corrected chi connectivity index (χ0v) is 16.5. The molecule has 7 nitrogen and oxygen atoms in total. The van der Waals surface area contributed by atoms with Crippen LogP contribution in [0.4, 0.5) is 24.5 Å². The maximum Gasteiger partial charge on any atom is 0.416 e. The summed E-state index contributed by atoms with van der Waals surface area (Å²) in [6.45, 7) is 1.03. The number of benzene rings is 2. The molecular formula is C21H18F3N3O4. The second-order valence-corrected chi connectivity index (χ2v) is 6.12. The van der Waals surface area contributed by atoms with Gasteiger partial charge in [-0.25, -0.2) is 0 Å². The van der Waals surface area contributed by atoms with Gasteiger partial charge in [-0.1, -0.05) is 6.07 Å². The van der Waals surface area contributed by atoms with E-state index in [1.54, 1.807) is 18.2 Å². The fraction of sp³-hybridized carbons (Fsp3) is 0.190. The molecule has 162 valence electrons. The molecule has 2 aromatic rings. The number of anilines is 2. The molecule has 0 aliphatic carbocycles. The van der Waals surface area contributed by atoms with Gasteiger partial charge in [0.15, 0.2) is 18.1 Å². The Balaban J connectivity index is 2.22. The molecule has 0 radical (unpaired) electrons. The third kappa shape index (κ3) is 6.78. The van der Waals surface area contributed by atoms with Gasteiger partial charge in [0.25, 0.3) is 0 Å². The fourth-order valence-corrected chi connectivity index (χ4v) is 2.49. The highest BCUT2D eigenvalue weighted by atomic mass is 19.4. The van der Waals surface area contributed by atoms with Crippen LogP contribution >= 0.6 is 0 Å². The molecule has 2 amide bonds. The molecule has 10 heteroatoms. The maximum absolute atomic E-state index is 13.0. The van der Waals surface area contributed by atoms with Crippen molar-refractivity contribution in [2.75, 3.05) is 24.4 Å².